The molecular formula is C19H28N2O4. The summed E-state index contributed by atoms with van der Waals surface area (Å²) < 4.78 is 5.81. The van der Waals surface area contributed by atoms with E-state index in [1.807, 2.05) is 31.2 Å². The minimum Gasteiger partial charge on any atom is -0.489 e. The predicted molar refractivity (Wildman–Crippen MR) is 96.0 cm³/mol. The van der Waals surface area contributed by atoms with Crippen LogP contribution in [0.15, 0.2) is 24.3 Å². The Morgan fingerprint density at radius 2 is 1.92 bits per heavy atom. The van der Waals surface area contributed by atoms with E-state index in [9.17, 15) is 14.7 Å². The maximum Gasteiger partial charge on any atom is 0.317 e. The normalized spacial score (nSPS) is 21.2. The lowest BCUT2D eigenvalue weighted by molar-refractivity contribution is -0.147. The lowest BCUT2D eigenvalue weighted by atomic mass is 9.90. The van der Waals surface area contributed by atoms with Crippen molar-refractivity contribution in [3.8, 4) is 5.75 Å². The van der Waals surface area contributed by atoms with Crippen molar-refractivity contribution in [3.63, 3.8) is 0 Å². The fourth-order valence-electron chi connectivity index (χ4n) is 2.86. The van der Waals surface area contributed by atoms with Gasteiger partial charge in [0.05, 0.1) is 12.0 Å². The molecule has 1 saturated heterocycles. The summed E-state index contributed by atoms with van der Waals surface area (Å²) in [5.41, 5.74) is 0.404. The zero-order chi connectivity index (χ0) is 18.6. The fraction of sp³-hybridized carbons (Fsp3) is 0.579. The fourth-order valence-corrected chi connectivity index (χ4v) is 2.86. The van der Waals surface area contributed by atoms with Crippen LogP contribution in [0.25, 0.3) is 0 Å². The van der Waals surface area contributed by atoms with E-state index >= 15 is 0 Å². The van der Waals surface area contributed by atoms with Gasteiger partial charge in [0, 0.05) is 13.1 Å². The van der Waals surface area contributed by atoms with Gasteiger partial charge in [-0.1, -0.05) is 26.0 Å². The van der Waals surface area contributed by atoms with Crippen LogP contribution < -0.4 is 10.1 Å². The van der Waals surface area contributed by atoms with Crippen molar-refractivity contribution in [2.45, 2.75) is 46.1 Å². The van der Waals surface area contributed by atoms with Gasteiger partial charge in [0.25, 0.3) is 0 Å². The van der Waals surface area contributed by atoms with Gasteiger partial charge in [-0.2, -0.15) is 0 Å². The number of rotatable bonds is 6. The summed E-state index contributed by atoms with van der Waals surface area (Å²) in [6.45, 7) is 8.91. The molecule has 1 aliphatic rings. The number of nitrogens with one attached hydrogen (secondary N) is 1. The molecule has 0 saturated carbocycles. The summed E-state index contributed by atoms with van der Waals surface area (Å²) in [7, 11) is 0. The Kier molecular flexibility index (Phi) is 5.93. The Morgan fingerprint density at radius 3 is 2.44 bits per heavy atom. The van der Waals surface area contributed by atoms with Crippen molar-refractivity contribution in [3.05, 3.63) is 29.8 Å². The molecule has 0 radical (unpaired) electrons. The van der Waals surface area contributed by atoms with Crippen molar-refractivity contribution in [1.29, 1.82) is 0 Å². The number of hydrogen-bond donors (Lipinski definition) is 2. The Bertz CT molecular complexity index is 614. The molecule has 1 heterocycles. The van der Waals surface area contributed by atoms with Crippen LogP contribution in [0.1, 0.15) is 45.6 Å². The van der Waals surface area contributed by atoms with Crippen molar-refractivity contribution < 1.29 is 19.4 Å². The largest absolute Gasteiger partial charge is 0.489 e. The lowest BCUT2D eigenvalue weighted by Gasteiger charge is -2.22. The highest BCUT2D eigenvalue weighted by Gasteiger charge is 2.42. The van der Waals surface area contributed by atoms with Crippen molar-refractivity contribution in [1.82, 2.24) is 10.2 Å². The lowest BCUT2D eigenvalue weighted by Crippen LogP contribution is -2.43. The molecule has 0 aromatic heterocycles. The standard InChI is InChI=1S/C19H28N2O4/c1-13(2)15-5-7-16(8-6-15)25-14(3)11-20-18(24)21-10-9-19(4,12-21)17(22)23/h5-8,13-14H,9-12H2,1-4H3,(H,20,24)(H,22,23). The van der Waals surface area contributed by atoms with Gasteiger partial charge >= 0.3 is 12.0 Å². The number of likely N-dealkylation sites (tertiary alicyclic amines) is 1. The van der Waals surface area contributed by atoms with Crippen LogP contribution >= 0.6 is 0 Å². The van der Waals surface area contributed by atoms with E-state index in [0.29, 0.717) is 25.4 Å². The number of carbonyl (C=O) groups excluding carboxylic acids is 1. The quantitative estimate of drug-likeness (QED) is 0.828. The van der Waals surface area contributed by atoms with E-state index in [1.165, 1.54) is 5.56 Å². The molecule has 2 atom stereocenters. The summed E-state index contributed by atoms with van der Waals surface area (Å²) in [5, 5.41) is 12.0. The first-order chi connectivity index (χ1) is 11.7. The summed E-state index contributed by atoms with van der Waals surface area (Å²) >= 11 is 0. The van der Waals surface area contributed by atoms with Crippen LogP contribution in [-0.4, -0.2) is 47.7 Å². The topological polar surface area (TPSA) is 78.9 Å². The van der Waals surface area contributed by atoms with E-state index in [1.54, 1.807) is 11.8 Å². The molecule has 1 aliphatic heterocycles. The van der Waals surface area contributed by atoms with E-state index < -0.39 is 11.4 Å². The Morgan fingerprint density at radius 1 is 1.28 bits per heavy atom. The molecular weight excluding hydrogens is 320 g/mol. The van der Waals surface area contributed by atoms with Gasteiger partial charge in [-0.3, -0.25) is 4.79 Å². The molecule has 6 nitrogen and oxygen atoms in total. The molecule has 2 N–H and O–H groups in total. The number of ether oxygens (including phenoxy) is 1. The molecule has 0 spiro atoms. The molecule has 138 valence electrons. The number of aliphatic carboxylic acids is 1. The Hall–Kier alpha value is -2.24. The number of amides is 2. The van der Waals surface area contributed by atoms with Gasteiger partial charge in [-0.15, -0.1) is 0 Å². The Balaban J connectivity index is 1.79. The molecule has 1 aromatic carbocycles. The van der Waals surface area contributed by atoms with Gasteiger partial charge in [-0.05, 0) is 43.9 Å². The first-order valence-electron chi connectivity index (χ1n) is 8.74. The highest BCUT2D eigenvalue weighted by molar-refractivity contribution is 5.79. The third kappa shape index (κ3) is 4.87. The average molecular weight is 348 g/mol. The van der Waals surface area contributed by atoms with E-state index in [0.717, 1.165) is 5.75 Å². The van der Waals surface area contributed by atoms with Gasteiger partial charge in [0.1, 0.15) is 11.9 Å². The number of urea groups is 1. The minimum absolute atomic E-state index is 0.178. The monoisotopic (exact) mass is 348 g/mol. The number of carbonyl (C=O) groups is 2. The van der Waals surface area contributed by atoms with Crippen LogP contribution in [0.2, 0.25) is 0 Å². The van der Waals surface area contributed by atoms with E-state index in [-0.39, 0.29) is 18.7 Å². The molecule has 6 heteroatoms. The minimum atomic E-state index is -0.857. The SMILES string of the molecule is CC(CNC(=O)N1CCC(C)(C(=O)O)C1)Oc1ccc(C(C)C)cc1. The number of hydrogen-bond acceptors (Lipinski definition) is 3. The molecule has 2 rings (SSSR count). The van der Waals surface area contributed by atoms with E-state index in [4.69, 9.17) is 4.74 Å². The second-order valence-corrected chi connectivity index (χ2v) is 7.38. The molecule has 0 aliphatic carbocycles. The molecule has 1 aromatic rings. The number of benzene rings is 1. The van der Waals surface area contributed by atoms with Gasteiger partial charge in [0.15, 0.2) is 0 Å². The maximum absolute atomic E-state index is 12.2. The van der Waals surface area contributed by atoms with Crippen LogP contribution in [0.3, 0.4) is 0 Å². The summed E-state index contributed by atoms with van der Waals surface area (Å²) in [4.78, 5) is 25.0. The molecule has 2 unspecified atom stereocenters. The zero-order valence-corrected chi connectivity index (χ0v) is 15.4. The molecule has 0 bridgehead atoms. The zero-order valence-electron chi connectivity index (χ0n) is 15.4. The highest BCUT2D eigenvalue weighted by Crippen LogP contribution is 2.30. The maximum atomic E-state index is 12.2. The second kappa shape index (κ2) is 7.76. The first-order valence-corrected chi connectivity index (χ1v) is 8.74. The molecule has 2 amide bonds. The molecule has 1 fully saturated rings. The van der Waals surface area contributed by atoms with Gasteiger partial charge in [0.2, 0.25) is 0 Å². The Labute approximate surface area is 149 Å². The second-order valence-electron chi connectivity index (χ2n) is 7.38. The average Bonchev–Trinajstić information content (AvgIpc) is 2.97. The number of carboxylic acids is 1. The first kappa shape index (κ1) is 19.1. The van der Waals surface area contributed by atoms with Gasteiger partial charge < -0.3 is 20.1 Å². The van der Waals surface area contributed by atoms with Crippen molar-refractivity contribution in [2.75, 3.05) is 19.6 Å². The van der Waals surface area contributed by atoms with Crippen LogP contribution in [0.4, 0.5) is 4.79 Å². The highest BCUT2D eigenvalue weighted by atomic mass is 16.5. The van der Waals surface area contributed by atoms with Crippen LogP contribution in [-0.2, 0) is 4.79 Å². The number of nitrogens with zero attached hydrogens (tertiary/aromatic N) is 1. The number of carboxylic acid groups (broad SMARTS) is 1. The summed E-state index contributed by atoms with van der Waals surface area (Å²) in [5.74, 6) is 0.387. The van der Waals surface area contributed by atoms with Crippen LogP contribution in [0, 0.1) is 5.41 Å². The van der Waals surface area contributed by atoms with Crippen molar-refractivity contribution >= 4 is 12.0 Å². The summed E-state index contributed by atoms with van der Waals surface area (Å²) in [6, 6.07) is 7.72. The smallest absolute Gasteiger partial charge is 0.317 e. The molecule has 25 heavy (non-hydrogen) atoms. The van der Waals surface area contributed by atoms with Crippen molar-refractivity contribution in [2.24, 2.45) is 5.41 Å². The van der Waals surface area contributed by atoms with Gasteiger partial charge in [-0.25, -0.2) is 4.79 Å². The van der Waals surface area contributed by atoms with E-state index in [2.05, 4.69) is 19.2 Å². The summed E-state index contributed by atoms with van der Waals surface area (Å²) in [6.07, 6.45) is 0.298. The third-order valence-corrected chi connectivity index (χ3v) is 4.70. The van der Waals surface area contributed by atoms with Crippen LogP contribution in [0.5, 0.6) is 5.75 Å². The third-order valence-electron chi connectivity index (χ3n) is 4.70. The predicted octanol–water partition coefficient (Wildman–Crippen LogP) is 3.08.